The van der Waals surface area contributed by atoms with Crippen LogP contribution in [-0.2, 0) is 27.8 Å². The molecule has 0 unspecified atom stereocenters. The lowest BCUT2D eigenvalue weighted by Gasteiger charge is -2.22. The predicted octanol–water partition coefficient (Wildman–Crippen LogP) is 3.55. The van der Waals surface area contributed by atoms with E-state index in [-0.39, 0.29) is 23.9 Å². The average Bonchev–Trinajstić information content (AvgIpc) is 2.80. The third kappa shape index (κ3) is 6.18. The molecule has 0 aromatic heterocycles. The summed E-state index contributed by atoms with van der Waals surface area (Å²) in [4.78, 5) is 12.8. The van der Waals surface area contributed by atoms with Crippen LogP contribution in [0.15, 0.2) is 83.8 Å². The summed E-state index contributed by atoms with van der Waals surface area (Å²) in [6.07, 6.45) is 0.676. The Morgan fingerprint density at radius 2 is 1.56 bits per heavy atom. The van der Waals surface area contributed by atoms with E-state index in [0.717, 1.165) is 11.1 Å². The Morgan fingerprint density at radius 3 is 2.16 bits per heavy atom. The van der Waals surface area contributed by atoms with Crippen molar-refractivity contribution in [1.82, 2.24) is 9.62 Å². The first-order valence-corrected chi connectivity index (χ1v) is 11.8. The first-order chi connectivity index (χ1) is 15.4. The molecule has 0 radical (unpaired) electrons. The molecule has 168 valence electrons. The summed E-state index contributed by atoms with van der Waals surface area (Å²) < 4.78 is 33.3. The number of hydrogen-bond acceptors (Lipinski definition) is 4. The van der Waals surface area contributed by atoms with E-state index in [9.17, 15) is 13.2 Å². The Hall–Kier alpha value is -3.16. The number of nitrogens with one attached hydrogen (secondary N) is 1. The van der Waals surface area contributed by atoms with Crippen molar-refractivity contribution in [3.05, 3.63) is 95.6 Å². The fourth-order valence-corrected chi connectivity index (χ4v) is 4.85. The monoisotopic (exact) mass is 452 g/mol. The van der Waals surface area contributed by atoms with Crippen molar-refractivity contribution >= 4 is 15.9 Å². The summed E-state index contributed by atoms with van der Waals surface area (Å²) in [6.45, 7) is 2.05. The van der Waals surface area contributed by atoms with Crippen LogP contribution in [0.1, 0.15) is 16.7 Å². The number of sulfonamides is 1. The van der Waals surface area contributed by atoms with Gasteiger partial charge in [-0.3, -0.25) is 4.79 Å². The van der Waals surface area contributed by atoms with Crippen LogP contribution in [0.4, 0.5) is 0 Å². The molecule has 0 saturated heterocycles. The van der Waals surface area contributed by atoms with Gasteiger partial charge in [-0.05, 0) is 48.2 Å². The molecule has 7 heteroatoms. The van der Waals surface area contributed by atoms with Gasteiger partial charge in [-0.2, -0.15) is 4.31 Å². The second-order valence-electron chi connectivity index (χ2n) is 7.48. The van der Waals surface area contributed by atoms with Crippen molar-refractivity contribution < 1.29 is 17.9 Å². The molecular formula is C25H28N2O4S. The summed E-state index contributed by atoms with van der Waals surface area (Å²) in [6, 6.07) is 23.8. The van der Waals surface area contributed by atoms with Crippen molar-refractivity contribution in [1.29, 1.82) is 0 Å². The van der Waals surface area contributed by atoms with Crippen molar-refractivity contribution in [2.45, 2.75) is 24.8 Å². The van der Waals surface area contributed by atoms with Gasteiger partial charge in [0.1, 0.15) is 5.75 Å². The van der Waals surface area contributed by atoms with Gasteiger partial charge in [0.25, 0.3) is 0 Å². The van der Waals surface area contributed by atoms with Gasteiger partial charge in [0.2, 0.25) is 15.9 Å². The number of rotatable bonds is 10. The molecular weight excluding hydrogens is 424 g/mol. The molecule has 3 aromatic rings. The minimum absolute atomic E-state index is 0.0976. The van der Waals surface area contributed by atoms with Gasteiger partial charge in [0, 0.05) is 13.1 Å². The van der Waals surface area contributed by atoms with Gasteiger partial charge in [0.15, 0.2) is 0 Å². The first-order valence-electron chi connectivity index (χ1n) is 10.4. The molecule has 0 aliphatic heterocycles. The zero-order valence-electron chi connectivity index (χ0n) is 18.3. The highest BCUT2D eigenvalue weighted by Gasteiger charge is 2.27. The Balaban J connectivity index is 1.76. The predicted molar refractivity (Wildman–Crippen MR) is 125 cm³/mol. The number of aryl methyl sites for hydroxylation is 1. The zero-order valence-corrected chi connectivity index (χ0v) is 19.1. The lowest BCUT2D eigenvalue weighted by atomic mass is 10.1. The van der Waals surface area contributed by atoms with Crippen LogP contribution in [0.2, 0.25) is 0 Å². The molecule has 0 heterocycles. The Labute approximate surface area is 189 Å². The highest BCUT2D eigenvalue weighted by Crippen LogP contribution is 2.24. The van der Waals surface area contributed by atoms with E-state index in [2.05, 4.69) is 5.32 Å². The molecule has 1 N–H and O–H groups in total. The van der Waals surface area contributed by atoms with Crippen LogP contribution in [-0.4, -0.2) is 38.8 Å². The molecule has 0 saturated carbocycles. The second-order valence-corrected chi connectivity index (χ2v) is 9.41. The summed E-state index contributed by atoms with van der Waals surface area (Å²) >= 11 is 0. The van der Waals surface area contributed by atoms with Crippen LogP contribution < -0.4 is 10.1 Å². The van der Waals surface area contributed by atoms with E-state index in [1.54, 1.807) is 19.1 Å². The van der Waals surface area contributed by atoms with Gasteiger partial charge in [-0.25, -0.2) is 8.42 Å². The van der Waals surface area contributed by atoms with E-state index < -0.39 is 10.0 Å². The summed E-state index contributed by atoms with van der Waals surface area (Å²) in [7, 11) is -2.36. The third-order valence-electron chi connectivity index (χ3n) is 5.10. The Morgan fingerprint density at radius 1 is 0.938 bits per heavy atom. The molecule has 3 aromatic carbocycles. The lowest BCUT2D eigenvalue weighted by Crippen LogP contribution is -2.40. The van der Waals surface area contributed by atoms with Gasteiger partial charge < -0.3 is 10.1 Å². The van der Waals surface area contributed by atoms with Gasteiger partial charge in [-0.15, -0.1) is 0 Å². The number of ether oxygens (including phenoxy) is 1. The number of carbonyl (C=O) groups is 1. The van der Waals surface area contributed by atoms with E-state index >= 15 is 0 Å². The molecule has 1 amide bonds. The molecule has 0 atom stereocenters. The van der Waals surface area contributed by atoms with Crippen LogP contribution in [0, 0.1) is 6.92 Å². The maximum absolute atomic E-state index is 13.4. The normalized spacial score (nSPS) is 11.3. The lowest BCUT2D eigenvalue weighted by molar-refractivity contribution is -0.121. The zero-order chi connectivity index (χ0) is 23.0. The molecule has 0 aliphatic rings. The second kappa shape index (κ2) is 10.9. The Bertz CT molecular complexity index is 1130. The van der Waals surface area contributed by atoms with Crippen LogP contribution in [0.3, 0.4) is 0 Å². The maximum atomic E-state index is 13.4. The van der Waals surface area contributed by atoms with E-state index in [0.29, 0.717) is 24.3 Å². The number of hydrogen-bond donors (Lipinski definition) is 1. The smallest absolute Gasteiger partial charge is 0.243 e. The van der Waals surface area contributed by atoms with E-state index in [1.165, 1.54) is 17.5 Å². The van der Waals surface area contributed by atoms with Crippen molar-refractivity contribution in [3.8, 4) is 5.75 Å². The highest BCUT2D eigenvalue weighted by atomic mass is 32.2. The van der Waals surface area contributed by atoms with Crippen molar-refractivity contribution in [2.75, 3.05) is 20.2 Å². The SMILES string of the molecule is COc1ccc(S(=O)(=O)N(CC(=O)NCCc2ccccc2)Cc2ccccc2)cc1C. The van der Waals surface area contributed by atoms with Crippen LogP contribution in [0.5, 0.6) is 5.75 Å². The van der Waals surface area contributed by atoms with Gasteiger partial charge in [-0.1, -0.05) is 60.7 Å². The Kier molecular flexibility index (Phi) is 8.03. The number of benzene rings is 3. The topological polar surface area (TPSA) is 75.7 Å². The number of nitrogens with zero attached hydrogens (tertiary/aromatic N) is 1. The number of amides is 1. The average molecular weight is 453 g/mol. The quantitative estimate of drug-likeness (QED) is 0.510. The minimum Gasteiger partial charge on any atom is -0.496 e. The van der Waals surface area contributed by atoms with Crippen molar-refractivity contribution in [2.24, 2.45) is 0 Å². The summed E-state index contributed by atoms with van der Waals surface area (Å²) in [5.41, 5.74) is 2.62. The molecule has 0 aliphatic carbocycles. The summed E-state index contributed by atoms with van der Waals surface area (Å²) in [5.74, 6) is 0.267. The minimum atomic E-state index is -3.90. The van der Waals surface area contributed by atoms with Crippen molar-refractivity contribution in [3.63, 3.8) is 0 Å². The fourth-order valence-electron chi connectivity index (χ4n) is 3.38. The number of carbonyl (C=O) groups excluding carboxylic acids is 1. The van der Waals surface area contributed by atoms with Gasteiger partial charge >= 0.3 is 0 Å². The maximum Gasteiger partial charge on any atom is 0.243 e. The molecule has 6 nitrogen and oxygen atoms in total. The first kappa shape index (κ1) is 23.5. The van der Waals surface area contributed by atoms with Gasteiger partial charge in [0.05, 0.1) is 18.6 Å². The van der Waals surface area contributed by atoms with E-state index in [1.807, 2.05) is 60.7 Å². The molecule has 32 heavy (non-hydrogen) atoms. The molecule has 3 rings (SSSR count). The van der Waals surface area contributed by atoms with E-state index in [4.69, 9.17) is 4.74 Å². The highest BCUT2D eigenvalue weighted by molar-refractivity contribution is 7.89. The fraction of sp³-hybridized carbons (Fsp3) is 0.240. The standard InChI is InChI=1S/C25H28N2O4S/c1-20-17-23(13-14-24(20)31-2)32(29,30)27(18-22-11-7-4-8-12-22)19-25(28)26-16-15-21-9-5-3-6-10-21/h3-14,17H,15-16,18-19H2,1-2H3,(H,26,28). The number of methoxy groups -OCH3 is 1. The van der Waals surface area contributed by atoms with Crippen LogP contribution >= 0.6 is 0 Å². The largest absolute Gasteiger partial charge is 0.496 e. The molecule has 0 spiro atoms. The summed E-state index contributed by atoms with van der Waals surface area (Å²) in [5, 5.41) is 2.84. The molecule has 0 bridgehead atoms. The molecule has 0 fully saturated rings. The third-order valence-corrected chi connectivity index (χ3v) is 6.89. The van der Waals surface area contributed by atoms with Crippen LogP contribution in [0.25, 0.3) is 0 Å².